The number of hydrogen-bond donors (Lipinski definition) is 2. The third-order valence-electron chi connectivity index (χ3n) is 3.05. The van der Waals surface area contributed by atoms with Crippen LogP contribution in [0.15, 0.2) is 0 Å². The van der Waals surface area contributed by atoms with Crippen LogP contribution in [0, 0.1) is 0 Å². The number of nitrogens with two attached hydrogens (primary N) is 1. The molecule has 0 unspecified atom stereocenters. The summed E-state index contributed by atoms with van der Waals surface area (Å²) in [6.07, 6.45) is 0. The highest BCUT2D eigenvalue weighted by molar-refractivity contribution is 7.86. The van der Waals surface area contributed by atoms with Crippen LogP contribution in [0.1, 0.15) is 13.8 Å². The van der Waals surface area contributed by atoms with Gasteiger partial charge in [0.2, 0.25) is 5.91 Å². The van der Waals surface area contributed by atoms with Crippen LogP contribution in [0.5, 0.6) is 0 Å². The molecule has 17 heavy (non-hydrogen) atoms. The molecule has 0 spiro atoms. The smallest absolute Gasteiger partial charge is 0.277 e. The van der Waals surface area contributed by atoms with E-state index < -0.39 is 15.7 Å². The normalized spacial score (nSPS) is 19.4. The summed E-state index contributed by atoms with van der Waals surface area (Å²) in [5.74, 6) is -0.0333. The molecular weight excluding hydrogens is 244 g/mol. The van der Waals surface area contributed by atoms with Crippen LogP contribution >= 0.6 is 0 Å². The molecule has 1 amide bonds. The predicted molar refractivity (Wildman–Crippen MR) is 64.4 cm³/mol. The average molecular weight is 264 g/mol. The first-order chi connectivity index (χ1) is 7.68. The maximum atomic E-state index is 12.1. The number of nitrogens with zero attached hydrogens (tertiary/aromatic N) is 2. The van der Waals surface area contributed by atoms with Crippen LogP contribution in [0.25, 0.3) is 0 Å². The highest BCUT2D eigenvalue weighted by Gasteiger charge is 2.33. The summed E-state index contributed by atoms with van der Waals surface area (Å²) in [4.78, 5) is 13.7. The number of nitrogens with one attached hydrogen (secondary N) is 1. The average Bonchev–Trinajstić information content (AvgIpc) is 2.27. The van der Waals surface area contributed by atoms with E-state index >= 15 is 0 Å². The molecule has 0 bridgehead atoms. The molecule has 0 saturated carbocycles. The Morgan fingerprint density at radius 3 is 2.06 bits per heavy atom. The molecule has 0 aromatic heterocycles. The summed E-state index contributed by atoms with van der Waals surface area (Å²) < 4.78 is 23.4. The Balaban J connectivity index is 2.62. The lowest BCUT2D eigenvalue weighted by Gasteiger charge is -2.37. The lowest BCUT2D eigenvalue weighted by molar-refractivity contribution is -0.138. The van der Waals surface area contributed by atoms with Gasteiger partial charge in [-0.15, -0.1) is 0 Å². The van der Waals surface area contributed by atoms with Gasteiger partial charge < -0.3 is 10.2 Å². The minimum Gasteiger partial charge on any atom is -0.338 e. The zero-order valence-corrected chi connectivity index (χ0v) is 11.2. The zero-order chi connectivity index (χ0) is 13.3. The highest BCUT2D eigenvalue weighted by Crippen LogP contribution is 2.11. The van der Waals surface area contributed by atoms with Crippen molar-refractivity contribution in [3.63, 3.8) is 0 Å². The third kappa shape index (κ3) is 3.38. The first kappa shape index (κ1) is 14.4. The fourth-order valence-corrected chi connectivity index (χ4v) is 2.32. The van der Waals surface area contributed by atoms with E-state index in [1.54, 1.807) is 25.8 Å². The molecule has 1 heterocycles. The minimum atomic E-state index is -3.64. The molecule has 1 saturated heterocycles. The summed E-state index contributed by atoms with van der Waals surface area (Å²) in [7, 11) is -1.92. The Morgan fingerprint density at radius 1 is 1.24 bits per heavy atom. The molecule has 3 N–H and O–H groups in total. The predicted octanol–water partition coefficient (Wildman–Crippen LogP) is -1.67. The van der Waals surface area contributed by atoms with Crippen molar-refractivity contribution < 1.29 is 13.2 Å². The van der Waals surface area contributed by atoms with Gasteiger partial charge in [0.25, 0.3) is 10.2 Å². The Bertz CT molecular complexity index is 385. The second-order valence-corrected chi connectivity index (χ2v) is 6.16. The van der Waals surface area contributed by atoms with Crippen molar-refractivity contribution in [1.82, 2.24) is 14.5 Å². The number of piperazine rings is 1. The molecular formula is C9H20N4O3S. The SMILES string of the molecule is CNC(C)(C)C(=O)N1CCN(S(N)(=O)=O)CC1. The van der Waals surface area contributed by atoms with Crippen molar-refractivity contribution in [1.29, 1.82) is 0 Å². The molecule has 1 aliphatic rings. The van der Waals surface area contributed by atoms with Crippen LogP contribution < -0.4 is 10.5 Å². The summed E-state index contributed by atoms with van der Waals surface area (Å²) in [5, 5.41) is 7.96. The topological polar surface area (TPSA) is 95.7 Å². The first-order valence-corrected chi connectivity index (χ1v) is 6.95. The van der Waals surface area contributed by atoms with Gasteiger partial charge in [-0.05, 0) is 20.9 Å². The number of carbonyl (C=O) groups is 1. The largest absolute Gasteiger partial charge is 0.338 e. The third-order valence-corrected chi connectivity index (χ3v) is 4.13. The van der Waals surface area contributed by atoms with Gasteiger partial charge in [-0.25, -0.2) is 5.14 Å². The van der Waals surface area contributed by atoms with Crippen molar-refractivity contribution in [2.24, 2.45) is 5.14 Å². The van der Waals surface area contributed by atoms with Crippen LogP contribution in [0.2, 0.25) is 0 Å². The minimum absolute atomic E-state index is 0.0333. The van der Waals surface area contributed by atoms with E-state index in [9.17, 15) is 13.2 Å². The summed E-state index contributed by atoms with van der Waals surface area (Å²) >= 11 is 0. The van der Waals surface area contributed by atoms with Crippen molar-refractivity contribution >= 4 is 16.1 Å². The Kier molecular flexibility index (Phi) is 4.13. The maximum Gasteiger partial charge on any atom is 0.277 e. The molecule has 1 aliphatic heterocycles. The molecule has 7 nitrogen and oxygen atoms in total. The molecule has 0 aromatic rings. The van der Waals surface area contributed by atoms with Gasteiger partial charge in [0.05, 0.1) is 5.54 Å². The van der Waals surface area contributed by atoms with Gasteiger partial charge in [-0.1, -0.05) is 0 Å². The standard InChI is InChI=1S/C9H20N4O3S/c1-9(2,11-3)8(14)12-4-6-13(7-5-12)17(10,15)16/h11H,4-7H2,1-3H3,(H2,10,15,16). The van der Waals surface area contributed by atoms with E-state index in [0.29, 0.717) is 13.1 Å². The number of likely N-dealkylation sites (N-methyl/N-ethyl adjacent to an activating group) is 1. The van der Waals surface area contributed by atoms with E-state index in [2.05, 4.69) is 5.32 Å². The van der Waals surface area contributed by atoms with E-state index in [4.69, 9.17) is 5.14 Å². The Morgan fingerprint density at radius 2 is 1.71 bits per heavy atom. The van der Waals surface area contributed by atoms with Crippen LogP contribution in [-0.4, -0.2) is 62.3 Å². The number of hydrogen-bond acceptors (Lipinski definition) is 4. The van der Waals surface area contributed by atoms with Crippen molar-refractivity contribution in [3.05, 3.63) is 0 Å². The molecule has 100 valence electrons. The van der Waals surface area contributed by atoms with Crippen LogP contribution in [0.4, 0.5) is 0 Å². The van der Waals surface area contributed by atoms with Crippen molar-refractivity contribution in [2.75, 3.05) is 33.2 Å². The monoisotopic (exact) mass is 264 g/mol. The number of amides is 1. The van der Waals surface area contributed by atoms with Crippen LogP contribution in [0.3, 0.4) is 0 Å². The van der Waals surface area contributed by atoms with Gasteiger partial charge >= 0.3 is 0 Å². The van der Waals surface area contributed by atoms with Gasteiger partial charge in [0.15, 0.2) is 0 Å². The van der Waals surface area contributed by atoms with Gasteiger partial charge in [0.1, 0.15) is 0 Å². The van der Waals surface area contributed by atoms with E-state index in [1.807, 2.05) is 0 Å². The molecule has 8 heteroatoms. The van der Waals surface area contributed by atoms with Crippen LogP contribution in [-0.2, 0) is 15.0 Å². The van der Waals surface area contributed by atoms with Crippen molar-refractivity contribution in [3.8, 4) is 0 Å². The summed E-state index contributed by atoms with van der Waals surface area (Å²) in [6, 6.07) is 0. The molecule has 0 aliphatic carbocycles. The quantitative estimate of drug-likeness (QED) is 0.637. The molecule has 1 rings (SSSR count). The molecule has 1 fully saturated rings. The second-order valence-electron chi connectivity index (χ2n) is 4.61. The lowest BCUT2D eigenvalue weighted by atomic mass is 10.0. The first-order valence-electron chi connectivity index (χ1n) is 5.44. The fourth-order valence-electron chi connectivity index (χ4n) is 1.65. The lowest BCUT2D eigenvalue weighted by Crippen LogP contribution is -2.59. The van der Waals surface area contributed by atoms with Gasteiger partial charge in [0, 0.05) is 26.2 Å². The van der Waals surface area contributed by atoms with Gasteiger partial charge in [-0.3, -0.25) is 4.79 Å². The number of rotatable bonds is 3. The Labute approximate surface area is 102 Å². The van der Waals surface area contributed by atoms with Gasteiger partial charge in [-0.2, -0.15) is 12.7 Å². The summed E-state index contributed by atoms with van der Waals surface area (Å²) in [5.41, 5.74) is -0.635. The van der Waals surface area contributed by atoms with E-state index in [0.717, 1.165) is 0 Å². The van der Waals surface area contributed by atoms with Crippen molar-refractivity contribution in [2.45, 2.75) is 19.4 Å². The zero-order valence-electron chi connectivity index (χ0n) is 10.4. The number of carbonyl (C=O) groups excluding carboxylic acids is 1. The summed E-state index contributed by atoms with van der Waals surface area (Å²) in [6.45, 7) is 4.85. The molecule has 0 atom stereocenters. The highest BCUT2D eigenvalue weighted by atomic mass is 32.2. The fraction of sp³-hybridized carbons (Fsp3) is 0.889. The molecule has 0 radical (unpaired) electrons. The van der Waals surface area contributed by atoms with E-state index in [1.165, 1.54) is 4.31 Å². The molecule has 0 aromatic carbocycles. The maximum absolute atomic E-state index is 12.1. The second kappa shape index (κ2) is 4.89. The Hall–Kier alpha value is -0.700. The van der Waals surface area contributed by atoms with E-state index in [-0.39, 0.29) is 19.0 Å².